The molecule has 0 fully saturated rings. The number of aromatic amines is 1. The number of hydrogen-bond donors (Lipinski definition) is 2. The minimum atomic E-state index is -0.124. The maximum Gasteiger partial charge on any atom is 0.252 e. The highest BCUT2D eigenvalue weighted by molar-refractivity contribution is 7.80. The van der Waals surface area contributed by atoms with Crippen LogP contribution in [0.15, 0.2) is 10.9 Å². The van der Waals surface area contributed by atoms with Crippen molar-refractivity contribution in [2.24, 2.45) is 5.73 Å². The van der Waals surface area contributed by atoms with Crippen LogP contribution in [-0.4, -0.2) is 28.0 Å². The standard InChI is InChI=1S/C11H18N4OS/c1-3-9-13-10(7-11(16)14-9)15(4-2)6-5-8(12)17/h7H,3-6H2,1-2H3,(H2,12,17)(H,13,14,16). The first-order chi connectivity index (χ1) is 8.06. The number of aryl methyl sites for hydroxylation is 1. The Morgan fingerprint density at radius 1 is 1.59 bits per heavy atom. The molecule has 1 rings (SSSR count). The molecule has 0 saturated heterocycles. The number of hydrogen-bond acceptors (Lipinski definition) is 4. The third-order valence-corrected chi connectivity index (χ3v) is 2.65. The van der Waals surface area contributed by atoms with Gasteiger partial charge in [-0.2, -0.15) is 0 Å². The molecule has 1 aromatic rings. The van der Waals surface area contributed by atoms with Crippen molar-refractivity contribution in [2.75, 3.05) is 18.0 Å². The number of nitrogens with two attached hydrogens (primary N) is 1. The summed E-state index contributed by atoms with van der Waals surface area (Å²) >= 11 is 4.85. The lowest BCUT2D eigenvalue weighted by molar-refractivity contribution is 0.798. The number of thiocarbonyl (C=S) groups is 1. The van der Waals surface area contributed by atoms with E-state index in [1.54, 1.807) is 0 Å². The Labute approximate surface area is 106 Å². The number of H-pyrrole nitrogens is 1. The average molecular weight is 254 g/mol. The van der Waals surface area contributed by atoms with Crippen molar-refractivity contribution in [2.45, 2.75) is 26.7 Å². The zero-order chi connectivity index (χ0) is 12.8. The van der Waals surface area contributed by atoms with E-state index in [4.69, 9.17) is 18.0 Å². The zero-order valence-corrected chi connectivity index (χ0v) is 11.0. The van der Waals surface area contributed by atoms with Gasteiger partial charge in [-0.1, -0.05) is 19.1 Å². The fourth-order valence-electron chi connectivity index (χ4n) is 1.50. The molecule has 1 aromatic heterocycles. The maximum absolute atomic E-state index is 11.5. The Hall–Kier alpha value is -1.43. The summed E-state index contributed by atoms with van der Waals surface area (Å²) in [6.45, 7) is 5.41. The first-order valence-corrected chi connectivity index (χ1v) is 6.11. The van der Waals surface area contributed by atoms with E-state index in [1.165, 1.54) is 6.07 Å². The van der Waals surface area contributed by atoms with Gasteiger partial charge >= 0.3 is 0 Å². The van der Waals surface area contributed by atoms with E-state index in [2.05, 4.69) is 9.97 Å². The molecule has 17 heavy (non-hydrogen) atoms. The van der Waals surface area contributed by atoms with Gasteiger partial charge < -0.3 is 15.6 Å². The molecule has 0 aliphatic carbocycles. The molecule has 0 radical (unpaired) electrons. The molecule has 0 aliphatic rings. The van der Waals surface area contributed by atoms with Crippen molar-refractivity contribution in [3.63, 3.8) is 0 Å². The lowest BCUT2D eigenvalue weighted by atomic mass is 10.3. The predicted octanol–water partition coefficient (Wildman–Crippen LogP) is 0.835. The molecule has 94 valence electrons. The third-order valence-electron chi connectivity index (χ3n) is 2.45. The second kappa shape index (κ2) is 6.34. The molecule has 0 amide bonds. The summed E-state index contributed by atoms with van der Waals surface area (Å²) in [5.41, 5.74) is 5.35. The fraction of sp³-hybridized carbons (Fsp3) is 0.545. The van der Waals surface area contributed by atoms with Crippen LogP contribution < -0.4 is 16.2 Å². The monoisotopic (exact) mass is 254 g/mol. The number of aromatic nitrogens is 2. The SMILES string of the molecule is CCc1nc(N(CC)CCC(N)=S)cc(=O)[nH]1. The average Bonchev–Trinajstić information content (AvgIpc) is 2.28. The summed E-state index contributed by atoms with van der Waals surface area (Å²) < 4.78 is 0. The zero-order valence-electron chi connectivity index (χ0n) is 10.2. The van der Waals surface area contributed by atoms with E-state index in [1.807, 2.05) is 18.7 Å². The van der Waals surface area contributed by atoms with Gasteiger partial charge in [0, 0.05) is 32.0 Å². The topological polar surface area (TPSA) is 75.0 Å². The Bertz CT molecular complexity index is 443. The highest BCUT2D eigenvalue weighted by Crippen LogP contribution is 2.08. The summed E-state index contributed by atoms with van der Waals surface area (Å²) in [5.74, 6) is 1.38. The second-order valence-corrected chi connectivity index (χ2v) is 4.22. The van der Waals surface area contributed by atoms with Gasteiger partial charge in [0.1, 0.15) is 11.6 Å². The Balaban J connectivity index is 2.90. The van der Waals surface area contributed by atoms with E-state index >= 15 is 0 Å². The molecular formula is C11H18N4OS. The third kappa shape index (κ3) is 4.14. The maximum atomic E-state index is 11.5. The van der Waals surface area contributed by atoms with Crippen LogP contribution in [0.4, 0.5) is 5.82 Å². The van der Waals surface area contributed by atoms with Crippen LogP contribution in [0, 0.1) is 0 Å². The molecule has 1 heterocycles. The van der Waals surface area contributed by atoms with Gasteiger partial charge in [-0.25, -0.2) is 4.98 Å². The number of nitrogens with zero attached hydrogens (tertiary/aromatic N) is 2. The molecule has 0 bridgehead atoms. The van der Waals surface area contributed by atoms with Gasteiger partial charge in [-0.3, -0.25) is 4.79 Å². The molecule has 0 aromatic carbocycles. The quantitative estimate of drug-likeness (QED) is 0.736. The minimum absolute atomic E-state index is 0.124. The summed E-state index contributed by atoms with van der Waals surface area (Å²) in [6, 6.07) is 1.50. The lowest BCUT2D eigenvalue weighted by Crippen LogP contribution is -2.29. The summed E-state index contributed by atoms with van der Waals surface area (Å²) in [4.78, 5) is 21.0. The lowest BCUT2D eigenvalue weighted by Gasteiger charge is -2.21. The highest BCUT2D eigenvalue weighted by atomic mass is 32.1. The van der Waals surface area contributed by atoms with Crippen molar-refractivity contribution < 1.29 is 0 Å². The van der Waals surface area contributed by atoms with Crippen molar-refractivity contribution in [1.82, 2.24) is 9.97 Å². The van der Waals surface area contributed by atoms with E-state index < -0.39 is 0 Å². The van der Waals surface area contributed by atoms with Gasteiger partial charge in [-0.05, 0) is 6.92 Å². The number of rotatable bonds is 6. The van der Waals surface area contributed by atoms with Crippen LogP contribution in [0.2, 0.25) is 0 Å². The normalized spacial score (nSPS) is 10.2. The smallest absolute Gasteiger partial charge is 0.252 e. The van der Waals surface area contributed by atoms with Crippen molar-refractivity contribution in [3.8, 4) is 0 Å². The van der Waals surface area contributed by atoms with Crippen molar-refractivity contribution >= 4 is 23.0 Å². The molecule has 6 heteroatoms. The minimum Gasteiger partial charge on any atom is -0.393 e. The van der Waals surface area contributed by atoms with Crippen LogP contribution in [0.3, 0.4) is 0 Å². The Morgan fingerprint density at radius 3 is 2.82 bits per heavy atom. The van der Waals surface area contributed by atoms with Crippen LogP contribution >= 0.6 is 12.2 Å². The molecule has 0 unspecified atom stereocenters. The van der Waals surface area contributed by atoms with Crippen LogP contribution in [0.25, 0.3) is 0 Å². The molecule has 0 spiro atoms. The fourth-order valence-corrected chi connectivity index (χ4v) is 1.59. The predicted molar refractivity (Wildman–Crippen MR) is 73.5 cm³/mol. The van der Waals surface area contributed by atoms with Gasteiger partial charge in [-0.15, -0.1) is 0 Å². The first kappa shape index (κ1) is 13.6. The largest absolute Gasteiger partial charge is 0.393 e. The molecule has 0 aliphatic heterocycles. The van der Waals surface area contributed by atoms with E-state index in [-0.39, 0.29) is 5.56 Å². The molecule has 5 nitrogen and oxygen atoms in total. The summed E-state index contributed by atoms with van der Waals surface area (Å²) in [6.07, 6.45) is 1.33. The number of anilines is 1. The van der Waals surface area contributed by atoms with Crippen molar-refractivity contribution in [1.29, 1.82) is 0 Å². The van der Waals surface area contributed by atoms with Gasteiger partial charge in [0.15, 0.2) is 0 Å². The van der Waals surface area contributed by atoms with Crippen LogP contribution in [0.1, 0.15) is 26.1 Å². The van der Waals surface area contributed by atoms with Crippen LogP contribution in [0.5, 0.6) is 0 Å². The van der Waals surface area contributed by atoms with Crippen molar-refractivity contribution in [3.05, 3.63) is 22.2 Å². The van der Waals surface area contributed by atoms with E-state index in [0.29, 0.717) is 36.0 Å². The summed E-state index contributed by atoms with van der Waals surface area (Å²) in [5, 5.41) is 0. The molecule has 3 N–H and O–H groups in total. The summed E-state index contributed by atoms with van der Waals surface area (Å²) in [7, 11) is 0. The van der Waals surface area contributed by atoms with E-state index in [0.717, 1.165) is 6.54 Å². The molecular weight excluding hydrogens is 236 g/mol. The Morgan fingerprint density at radius 2 is 2.29 bits per heavy atom. The Kier molecular flexibility index (Phi) is 5.09. The first-order valence-electron chi connectivity index (χ1n) is 5.70. The van der Waals surface area contributed by atoms with Gasteiger partial charge in [0.25, 0.3) is 5.56 Å². The van der Waals surface area contributed by atoms with Gasteiger partial charge in [0.05, 0.1) is 4.99 Å². The van der Waals surface area contributed by atoms with Crippen LogP contribution in [-0.2, 0) is 6.42 Å². The van der Waals surface area contributed by atoms with E-state index in [9.17, 15) is 4.79 Å². The molecule has 0 atom stereocenters. The highest BCUT2D eigenvalue weighted by Gasteiger charge is 2.08. The second-order valence-electron chi connectivity index (χ2n) is 3.70. The van der Waals surface area contributed by atoms with Gasteiger partial charge in [0.2, 0.25) is 0 Å². The number of nitrogens with one attached hydrogen (secondary N) is 1. The molecule has 0 saturated carbocycles.